The highest BCUT2D eigenvalue weighted by Gasteiger charge is 2.18. The minimum absolute atomic E-state index is 0.377. The van der Waals surface area contributed by atoms with Crippen molar-refractivity contribution < 1.29 is 8.42 Å². The van der Waals surface area contributed by atoms with E-state index in [-0.39, 0.29) is 0 Å². The zero-order valence-electron chi connectivity index (χ0n) is 10.3. The van der Waals surface area contributed by atoms with Crippen LogP contribution < -0.4 is 5.73 Å². The van der Waals surface area contributed by atoms with Gasteiger partial charge in [-0.15, -0.1) is 0 Å². The molecule has 2 N–H and O–H groups in total. The second-order valence-corrected chi connectivity index (χ2v) is 6.65. The Hall–Kier alpha value is -1.13. The molecule has 94 valence electrons. The van der Waals surface area contributed by atoms with Crippen molar-refractivity contribution in [3.63, 3.8) is 0 Å². The van der Waals surface area contributed by atoms with Crippen LogP contribution in [0.15, 0.2) is 35.2 Å². The largest absolute Gasteiger partial charge is 0.330 e. The minimum Gasteiger partial charge on any atom is -0.330 e. The van der Waals surface area contributed by atoms with Gasteiger partial charge in [-0.05, 0) is 44.5 Å². The van der Waals surface area contributed by atoms with Crippen LogP contribution >= 0.6 is 0 Å². The van der Waals surface area contributed by atoms with Gasteiger partial charge in [0.1, 0.15) is 0 Å². The molecule has 0 saturated heterocycles. The van der Waals surface area contributed by atoms with Gasteiger partial charge in [0.2, 0.25) is 0 Å². The molecule has 1 rings (SSSR count). The number of nitrogens with two attached hydrogens (primary N) is 1. The topological polar surface area (TPSA) is 60.2 Å². The van der Waals surface area contributed by atoms with Crippen LogP contribution in [0.3, 0.4) is 0 Å². The lowest BCUT2D eigenvalue weighted by molar-refractivity contribution is 0.587. The molecule has 1 aromatic rings. The molecule has 0 fully saturated rings. The van der Waals surface area contributed by atoms with Gasteiger partial charge < -0.3 is 5.73 Å². The van der Waals surface area contributed by atoms with Crippen LogP contribution in [0.5, 0.6) is 0 Å². The Morgan fingerprint density at radius 3 is 2.65 bits per heavy atom. The van der Waals surface area contributed by atoms with Crippen LogP contribution in [-0.4, -0.2) is 20.2 Å². The molecule has 0 aliphatic carbocycles. The van der Waals surface area contributed by atoms with Crippen molar-refractivity contribution in [3.8, 4) is 0 Å². The molecule has 0 atom stereocenters. The van der Waals surface area contributed by atoms with E-state index in [1.807, 2.05) is 18.2 Å². The van der Waals surface area contributed by atoms with E-state index in [1.54, 1.807) is 32.0 Å². The average Bonchev–Trinajstić information content (AvgIpc) is 2.29. The maximum atomic E-state index is 12.0. The molecule has 0 unspecified atom stereocenters. The molecular formula is C13H19NO2S. The van der Waals surface area contributed by atoms with Crippen LogP contribution in [0.2, 0.25) is 0 Å². The number of sulfone groups is 1. The third-order valence-electron chi connectivity index (χ3n) is 2.45. The smallest absolute Gasteiger partial charge is 0.180 e. The standard InChI is InChI=1S/C13H19NO2S/c1-11(2)17(15,16)13-8-5-7-12(10-13)6-3-4-9-14/h3,5-8,10-11H,4,9,14H2,1-2H3. The number of hydrogen-bond donors (Lipinski definition) is 1. The quantitative estimate of drug-likeness (QED) is 0.875. The zero-order valence-corrected chi connectivity index (χ0v) is 11.1. The summed E-state index contributed by atoms with van der Waals surface area (Å²) in [6.07, 6.45) is 4.63. The highest BCUT2D eigenvalue weighted by molar-refractivity contribution is 7.92. The first kappa shape index (κ1) is 13.9. The van der Waals surface area contributed by atoms with E-state index in [1.165, 1.54) is 0 Å². The molecule has 4 heteroatoms. The van der Waals surface area contributed by atoms with Crippen LogP contribution in [0, 0.1) is 0 Å². The van der Waals surface area contributed by atoms with E-state index in [9.17, 15) is 8.42 Å². The van der Waals surface area contributed by atoms with E-state index in [0.717, 1.165) is 12.0 Å². The maximum Gasteiger partial charge on any atom is 0.180 e. The van der Waals surface area contributed by atoms with E-state index in [2.05, 4.69) is 0 Å². The summed E-state index contributed by atoms with van der Waals surface area (Å²) in [5.41, 5.74) is 6.27. The van der Waals surface area contributed by atoms with Gasteiger partial charge in [0.15, 0.2) is 9.84 Å². The van der Waals surface area contributed by atoms with Crippen molar-refractivity contribution in [2.45, 2.75) is 30.4 Å². The third-order valence-corrected chi connectivity index (χ3v) is 4.60. The number of rotatable bonds is 5. The Morgan fingerprint density at radius 1 is 1.35 bits per heavy atom. The summed E-state index contributed by atoms with van der Waals surface area (Å²) in [7, 11) is -3.19. The fraction of sp³-hybridized carbons (Fsp3) is 0.385. The van der Waals surface area contributed by atoms with Gasteiger partial charge in [-0.25, -0.2) is 8.42 Å². The zero-order chi connectivity index (χ0) is 12.9. The third kappa shape index (κ3) is 3.68. The molecule has 0 saturated carbocycles. The predicted molar refractivity (Wildman–Crippen MR) is 71.5 cm³/mol. The first-order valence-electron chi connectivity index (χ1n) is 5.69. The lowest BCUT2D eigenvalue weighted by Gasteiger charge is -2.08. The van der Waals surface area contributed by atoms with Crippen molar-refractivity contribution in [1.29, 1.82) is 0 Å². The SMILES string of the molecule is CC(C)S(=O)(=O)c1cccc(C=CCCN)c1. The fourth-order valence-corrected chi connectivity index (χ4v) is 2.50. The van der Waals surface area contributed by atoms with Gasteiger partial charge in [-0.2, -0.15) is 0 Å². The van der Waals surface area contributed by atoms with E-state index < -0.39 is 15.1 Å². The van der Waals surface area contributed by atoms with E-state index >= 15 is 0 Å². The summed E-state index contributed by atoms with van der Waals surface area (Å²) < 4.78 is 23.9. The Bertz CT molecular complexity index is 490. The Labute approximate surface area is 103 Å². The number of hydrogen-bond acceptors (Lipinski definition) is 3. The molecule has 17 heavy (non-hydrogen) atoms. The molecule has 0 bridgehead atoms. The molecule has 1 aromatic carbocycles. The van der Waals surface area contributed by atoms with Gasteiger partial charge >= 0.3 is 0 Å². The molecule has 0 aromatic heterocycles. The highest BCUT2D eigenvalue weighted by Crippen LogP contribution is 2.17. The first-order valence-corrected chi connectivity index (χ1v) is 7.23. The van der Waals surface area contributed by atoms with Crippen molar-refractivity contribution in [3.05, 3.63) is 35.9 Å². The van der Waals surface area contributed by atoms with Crippen LogP contribution in [0.25, 0.3) is 6.08 Å². The molecule has 0 aliphatic rings. The average molecular weight is 253 g/mol. The van der Waals surface area contributed by atoms with Gasteiger partial charge in [0.25, 0.3) is 0 Å². The summed E-state index contributed by atoms with van der Waals surface area (Å²) in [5, 5.41) is -0.397. The fourth-order valence-electron chi connectivity index (χ4n) is 1.38. The Morgan fingerprint density at radius 2 is 2.06 bits per heavy atom. The first-order chi connectivity index (χ1) is 7.98. The second-order valence-electron chi connectivity index (χ2n) is 4.15. The van der Waals surface area contributed by atoms with Crippen molar-refractivity contribution in [2.24, 2.45) is 5.73 Å². The summed E-state index contributed by atoms with van der Waals surface area (Å²) in [4.78, 5) is 0.377. The summed E-state index contributed by atoms with van der Waals surface area (Å²) in [6.45, 7) is 3.97. The van der Waals surface area contributed by atoms with Crippen molar-refractivity contribution in [1.82, 2.24) is 0 Å². The van der Waals surface area contributed by atoms with Gasteiger partial charge in [0.05, 0.1) is 10.1 Å². The van der Waals surface area contributed by atoms with E-state index in [0.29, 0.717) is 11.4 Å². The molecule has 0 amide bonds. The summed E-state index contributed by atoms with van der Waals surface area (Å²) >= 11 is 0. The normalized spacial score (nSPS) is 12.5. The Balaban J connectivity index is 3.02. The van der Waals surface area contributed by atoms with Crippen molar-refractivity contribution in [2.75, 3.05) is 6.54 Å². The van der Waals surface area contributed by atoms with Crippen LogP contribution in [0.4, 0.5) is 0 Å². The van der Waals surface area contributed by atoms with Gasteiger partial charge in [-0.1, -0.05) is 24.3 Å². The molecule has 0 spiro atoms. The molecule has 0 radical (unpaired) electrons. The van der Waals surface area contributed by atoms with Gasteiger partial charge in [-0.3, -0.25) is 0 Å². The lowest BCUT2D eigenvalue weighted by Crippen LogP contribution is -2.13. The Kier molecular flexibility index (Phi) is 4.90. The van der Waals surface area contributed by atoms with Crippen LogP contribution in [0.1, 0.15) is 25.8 Å². The second kappa shape index (κ2) is 5.98. The highest BCUT2D eigenvalue weighted by atomic mass is 32.2. The van der Waals surface area contributed by atoms with Crippen molar-refractivity contribution >= 4 is 15.9 Å². The minimum atomic E-state index is -3.19. The number of benzene rings is 1. The monoisotopic (exact) mass is 253 g/mol. The molecule has 0 aliphatic heterocycles. The van der Waals surface area contributed by atoms with Gasteiger partial charge in [0, 0.05) is 0 Å². The molecule has 3 nitrogen and oxygen atoms in total. The maximum absolute atomic E-state index is 12.0. The predicted octanol–water partition coefficient (Wildman–Crippen LogP) is 2.23. The summed E-state index contributed by atoms with van der Waals surface area (Å²) in [5.74, 6) is 0. The molecule has 0 heterocycles. The summed E-state index contributed by atoms with van der Waals surface area (Å²) in [6, 6.07) is 6.97. The van der Waals surface area contributed by atoms with E-state index in [4.69, 9.17) is 5.73 Å². The lowest BCUT2D eigenvalue weighted by atomic mass is 10.2. The van der Waals surface area contributed by atoms with Crippen LogP contribution in [-0.2, 0) is 9.84 Å². The molecular weight excluding hydrogens is 234 g/mol.